The fraction of sp³-hybridized carbons (Fsp3) is 0.429. The monoisotopic (exact) mass is 1170 g/mol. The van der Waals surface area contributed by atoms with Crippen molar-refractivity contribution in [1.29, 1.82) is 0 Å². The second kappa shape index (κ2) is 27.3. The summed E-state index contributed by atoms with van der Waals surface area (Å²) in [6.07, 6.45) is 5.64. The van der Waals surface area contributed by atoms with E-state index in [-0.39, 0.29) is 68.1 Å². The zero-order valence-corrected chi connectivity index (χ0v) is 49.7. The first-order valence-corrected chi connectivity index (χ1v) is 28.6. The van der Waals surface area contributed by atoms with Gasteiger partial charge in [-0.3, -0.25) is 28.9 Å². The molecule has 0 radical (unpaired) electrons. The molecule has 450 valence electrons. The van der Waals surface area contributed by atoms with Crippen molar-refractivity contribution in [3.05, 3.63) is 154 Å². The van der Waals surface area contributed by atoms with Gasteiger partial charge in [-0.05, 0) is 130 Å². The molecule has 85 heavy (non-hydrogen) atoms. The largest absolute Gasteiger partial charge is 0.493 e. The molecule has 2 aliphatic rings. The van der Waals surface area contributed by atoms with Crippen LogP contribution in [0.25, 0.3) is 11.5 Å². The molecule has 6 amide bonds. The number of amides is 6. The van der Waals surface area contributed by atoms with Gasteiger partial charge in [-0.1, -0.05) is 63.2 Å². The minimum Gasteiger partial charge on any atom is -0.493 e. The Hall–Kier alpha value is -8.82. The number of anilines is 1. The number of benzene rings is 4. The van der Waals surface area contributed by atoms with Gasteiger partial charge in [0.25, 0.3) is 5.91 Å². The van der Waals surface area contributed by atoms with E-state index in [1.807, 2.05) is 55.7 Å². The van der Waals surface area contributed by atoms with Crippen LogP contribution in [0.15, 0.2) is 104 Å². The summed E-state index contributed by atoms with van der Waals surface area (Å²) in [4.78, 5) is 96.1. The van der Waals surface area contributed by atoms with E-state index < -0.39 is 64.6 Å². The summed E-state index contributed by atoms with van der Waals surface area (Å²) in [5, 5.41) is 21.0. The predicted molar refractivity (Wildman–Crippen MR) is 314 cm³/mol. The smallest absolute Gasteiger partial charge is 0.410 e. The summed E-state index contributed by atoms with van der Waals surface area (Å²) in [6, 6.07) is 22.2. The first kappa shape index (κ1) is 62.2. The van der Waals surface area contributed by atoms with Crippen LogP contribution in [0.2, 0.25) is 0 Å². The summed E-state index contributed by atoms with van der Waals surface area (Å²) >= 11 is 0. The van der Waals surface area contributed by atoms with Crippen LogP contribution in [0, 0.1) is 17.0 Å². The molecule has 1 aliphatic carbocycles. The highest BCUT2D eigenvalue weighted by atomic mass is 19.1. The lowest BCUT2D eigenvalue weighted by atomic mass is 9.83. The van der Waals surface area contributed by atoms with Crippen molar-refractivity contribution in [3.63, 3.8) is 0 Å². The van der Waals surface area contributed by atoms with Crippen LogP contribution in [0.4, 0.5) is 19.3 Å². The SMILES string of the molecule is C[C@@H](C(=O)NC(C(=O)N1Cc2cc(OCCC(=O)N(C)CCCn3c(CNc4cccc(C(=O)NCc5c(F)cccc5F)c4)nnc3-c3ccncn3)ccc2C[C@H]1C(=O)N[C@@H]1CCCc2ccccc21)C(C)(C)C)N(C)C(=O)OC(C)(C)C. The molecule has 0 fully saturated rings. The minimum atomic E-state index is -1.10. The van der Waals surface area contributed by atoms with Crippen LogP contribution in [0.5, 0.6) is 5.75 Å². The molecule has 3 heterocycles. The first-order valence-electron chi connectivity index (χ1n) is 28.6. The number of carbonyl (C=O) groups excluding carboxylic acids is 6. The van der Waals surface area contributed by atoms with Crippen LogP contribution >= 0.6 is 0 Å². The van der Waals surface area contributed by atoms with Crippen molar-refractivity contribution < 1.29 is 47.0 Å². The van der Waals surface area contributed by atoms with Crippen LogP contribution in [-0.2, 0) is 62.9 Å². The molecule has 2 aromatic heterocycles. The van der Waals surface area contributed by atoms with E-state index in [4.69, 9.17) is 9.47 Å². The number of aromatic nitrogens is 5. The third kappa shape index (κ3) is 15.9. The number of nitrogens with zero attached hydrogens (tertiary/aromatic N) is 8. The summed E-state index contributed by atoms with van der Waals surface area (Å²) in [6.45, 7) is 13.0. The van der Waals surface area contributed by atoms with Crippen LogP contribution in [-0.4, -0.2) is 126 Å². The predicted octanol–water partition coefficient (Wildman–Crippen LogP) is 8.11. The maximum Gasteiger partial charge on any atom is 0.410 e. The number of hydrogen-bond acceptors (Lipinski definition) is 13. The highest BCUT2D eigenvalue weighted by Crippen LogP contribution is 2.34. The van der Waals surface area contributed by atoms with Crippen molar-refractivity contribution in [3.8, 4) is 17.3 Å². The normalized spacial score (nSPS) is 15.5. The molecular formula is C63H76F2N12O8. The van der Waals surface area contributed by atoms with Crippen LogP contribution in [0.1, 0.15) is 124 Å². The molecule has 4 N–H and O–H groups in total. The summed E-state index contributed by atoms with van der Waals surface area (Å²) in [5.41, 5.74) is 3.37. The number of likely N-dealkylation sites (N-methyl/N-ethyl adjacent to an activating group) is 1. The maximum atomic E-state index is 15.1. The van der Waals surface area contributed by atoms with E-state index in [0.29, 0.717) is 48.3 Å². The van der Waals surface area contributed by atoms with E-state index in [0.717, 1.165) is 48.1 Å². The molecule has 4 atom stereocenters. The zero-order valence-electron chi connectivity index (χ0n) is 49.7. The molecule has 0 bridgehead atoms. The third-order valence-corrected chi connectivity index (χ3v) is 15.2. The first-order chi connectivity index (χ1) is 40.4. The lowest BCUT2D eigenvalue weighted by molar-refractivity contribution is -0.147. The fourth-order valence-electron chi connectivity index (χ4n) is 10.3. The van der Waals surface area contributed by atoms with Gasteiger partial charge in [0, 0.05) is 69.7 Å². The number of carbonyl (C=O) groups is 6. The average molecular weight is 1170 g/mol. The Morgan fingerprint density at radius 3 is 2.33 bits per heavy atom. The number of aryl methyl sites for hydroxylation is 1. The molecule has 0 saturated carbocycles. The van der Waals surface area contributed by atoms with Gasteiger partial charge in [0.2, 0.25) is 23.6 Å². The number of ether oxygens (including phenoxy) is 2. The van der Waals surface area contributed by atoms with Crippen molar-refractivity contribution in [2.24, 2.45) is 5.41 Å². The van der Waals surface area contributed by atoms with Crippen molar-refractivity contribution in [1.82, 2.24) is 55.4 Å². The number of nitrogens with one attached hydrogen (secondary N) is 4. The van der Waals surface area contributed by atoms with Crippen molar-refractivity contribution in [2.45, 2.75) is 143 Å². The standard InChI is InChI=1S/C63H76F2N12O8/c1-39(75(9)61(83)85-63(5,6)7)57(79)71-55(62(2,3)4)60(82)77-37-43-33-45(25-24-41(43)34-52(77)59(81)70-50-23-13-17-40-16-10-11-20-46(40)50)84-31-27-54(78)74(8)29-15-30-76-53(72-73-56(76)51-26-28-66-38-69-51)36-67-44-19-12-18-42(32-44)58(80)68-35-47-48(64)21-14-22-49(47)65/h10-12,14,16,18-22,24-26,28,32-33,38-39,50,52,55,67H,13,15,17,23,27,29-31,34-37H2,1-9H3,(H,68,80)(H,70,81)(H,71,79)/t39-,50+,52-,55?/m0/s1. The van der Waals surface area contributed by atoms with E-state index in [2.05, 4.69) is 47.5 Å². The number of halogens is 2. The molecule has 0 saturated heterocycles. The Balaban J connectivity index is 0.903. The van der Waals surface area contributed by atoms with E-state index >= 15 is 4.79 Å². The summed E-state index contributed by atoms with van der Waals surface area (Å²) < 4.78 is 42.0. The highest BCUT2D eigenvalue weighted by molar-refractivity contribution is 5.96. The summed E-state index contributed by atoms with van der Waals surface area (Å²) in [7, 11) is 3.18. The van der Waals surface area contributed by atoms with E-state index in [9.17, 15) is 32.8 Å². The highest BCUT2D eigenvalue weighted by Gasteiger charge is 2.44. The maximum absolute atomic E-state index is 15.1. The average Bonchev–Trinajstić information content (AvgIpc) is 1.91. The van der Waals surface area contributed by atoms with Crippen molar-refractivity contribution >= 4 is 41.3 Å². The van der Waals surface area contributed by atoms with Gasteiger partial charge in [0.05, 0.1) is 25.6 Å². The topological polar surface area (TPSA) is 235 Å². The molecule has 4 aromatic carbocycles. The molecular weight excluding hydrogens is 1090 g/mol. The van der Waals surface area contributed by atoms with Gasteiger partial charge in [-0.25, -0.2) is 23.5 Å². The number of rotatable bonds is 21. The second-order valence-electron chi connectivity index (χ2n) is 23.6. The minimum absolute atomic E-state index is 0.0288. The Kier molecular flexibility index (Phi) is 20.0. The number of hydrogen-bond donors (Lipinski definition) is 4. The molecule has 20 nitrogen and oxygen atoms in total. The second-order valence-corrected chi connectivity index (χ2v) is 23.6. The molecule has 22 heteroatoms. The van der Waals surface area contributed by atoms with Crippen LogP contribution < -0.4 is 26.0 Å². The molecule has 6 aromatic rings. The van der Waals surface area contributed by atoms with Gasteiger partial charge in [0.1, 0.15) is 53.1 Å². The van der Waals surface area contributed by atoms with E-state index in [1.165, 1.54) is 34.8 Å². The molecule has 1 aliphatic heterocycles. The van der Waals surface area contributed by atoms with Crippen molar-refractivity contribution in [2.75, 3.05) is 32.6 Å². The van der Waals surface area contributed by atoms with Gasteiger partial charge in [-0.2, -0.15) is 0 Å². The Morgan fingerprint density at radius 2 is 1.60 bits per heavy atom. The molecule has 1 unspecified atom stereocenters. The van der Waals surface area contributed by atoms with Gasteiger partial charge in [-0.15, -0.1) is 10.2 Å². The zero-order chi connectivity index (χ0) is 61.2. The van der Waals surface area contributed by atoms with E-state index in [1.54, 1.807) is 82.2 Å². The van der Waals surface area contributed by atoms with Gasteiger partial charge >= 0.3 is 6.09 Å². The van der Waals surface area contributed by atoms with Gasteiger partial charge in [0.15, 0.2) is 11.6 Å². The Bertz CT molecular complexity index is 3360. The van der Waals surface area contributed by atoms with Gasteiger partial charge < -0.3 is 45.1 Å². The Morgan fingerprint density at radius 1 is 0.847 bits per heavy atom. The third-order valence-electron chi connectivity index (χ3n) is 15.2. The fourth-order valence-corrected chi connectivity index (χ4v) is 10.3. The Labute approximate surface area is 494 Å². The summed E-state index contributed by atoms with van der Waals surface area (Å²) in [5.74, 6) is -2.00. The lowest BCUT2D eigenvalue weighted by Gasteiger charge is -2.42. The number of fused-ring (bicyclic) bond motifs is 2. The lowest BCUT2D eigenvalue weighted by Crippen LogP contribution is -2.62. The van der Waals surface area contributed by atoms with Crippen LogP contribution in [0.3, 0.4) is 0 Å². The molecule has 8 rings (SSSR count). The quantitative estimate of drug-likeness (QED) is 0.0534. The molecule has 0 spiro atoms.